The zero-order chi connectivity index (χ0) is 27.6. The number of ether oxygens (including phenoxy) is 2. The maximum absolute atomic E-state index is 13.6. The van der Waals surface area contributed by atoms with Crippen LogP contribution < -0.4 is 4.74 Å². The molecule has 0 radical (unpaired) electrons. The highest BCUT2D eigenvalue weighted by atomic mass is 19.1. The lowest BCUT2D eigenvalue weighted by Gasteiger charge is -2.35. The molecular weight excluding hydrogens is 505 g/mol. The first-order valence-corrected chi connectivity index (χ1v) is 13.6. The van der Waals surface area contributed by atoms with Crippen molar-refractivity contribution in [3.05, 3.63) is 137 Å². The van der Waals surface area contributed by atoms with E-state index in [-0.39, 0.29) is 11.8 Å². The van der Waals surface area contributed by atoms with Crippen LogP contribution in [0.2, 0.25) is 0 Å². The Morgan fingerprint density at radius 2 is 1.32 bits per heavy atom. The number of hydrogen-bond donors (Lipinski definition) is 0. The van der Waals surface area contributed by atoms with Crippen molar-refractivity contribution in [2.24, 2.45) is 5.16 Å². The summed E-state index contributed by atoms with van der Waals surface area (Å²) in [6.45, 7) is 0.630. The van der Waals surface area contributed by atoms with Crippen LogP contribution >= 0.6 is 0 Å². The summed E-state index contributed by atoms with van der Waals surface area (Å²) in [5, 5.41) is 4.28. The molecule has 5 rings (SSSR count). The van der Waals surface area contributed by atoms with Gasteiger partial charge >= 0.3 is 5.97 Å². The molecule has 1 aliphatic carbocycles. The molecule has 0 N–H and O–H groups in total. The van der Waals surface area contributed by atoms with E-state index in [1.165, 1.54) is 12.1 Å². The number of halogens is 1. The Morgan fingerprint density at radius 3 is 1.95 bits per heavy atom. The quantitative estimate of drug-likeness (QED) is 0.0721. The first-order chi connectivity index (χ1) is 19.6. The van der Waals surface area contributed by atoms with Crippen LogP contribution in [-0.2, 0) is 33.0 Å². The highest BCUT2D eigenvalue weighted by Gasteiger charge is 2.43. The average molecular weight is 538 g/mol. The van der Waals surface area contributed by atoms with Gasteiger partial charge in [0.15, 0.2) is 0 Å². The Balaban J connectivity index is 1.32. The van der Waals surface area contributed by atoms with Gasteiger partial charge in [0.2, 0.25) is 0 Å². The first kappa shape index (κ1) is 27.1. The van der Waals surface area contributed by atoms with E-state index in [0.717, 1.165) is 36.0 Å². The van der Waals surface area contributed by atoms with Gasteiger partial charge < -0.3 is 14.3 Å². The molecule has 40 heavy (non-hydrogen) atoms. The van der Waals surface area contributed by atoms with Crippen LogP contribution in [0.3, 0.4) is 0 Å². The SMILES string of the molecule is O=C(Oc1ccc(/C(=N\OCc2ccccc2)OCc2ccccc2)cc1)C1(c2ccc(F)cc2)CCCCC1. The Kier molecular flexibility index (Phi) is 8.86. The van der Waals surface area contributed by atoms with Gasteiger partial charge in [-0.05, 0) is 71.1 Å². The van der Waals surface area contributed by atoms with Gasteiger partial charge in [-0.3, -0.25) is 4.79 Å². The van der Waals surface area contributed by atoms with Crippen LogP contribution in [-0.4, -0.2) is 11.9 Å². The number of carbonyl (C=O) groups is 1. The summed E-state index contributed by atoms with van der Waals surface area (Å²) in [6, 6.07) is 32.9. The molecule has 6 heteroatoms. The fourth-order valence-corrected chi connectivity index (χ4v) is 5.03. The largest absolute Gasteiger partial charge is 0.470 e. The van der Waals surface area contributed by atoms with Crippen molar-refractivity contribution in [3.63, 3.8) is 0 Å². The third-order valence-corrected chi connectivity index (χ3v) is 7.25. The first-order valence-electron chi connectivity index (χ1n) is 13.6. The molecule has 1 fully saturated rings. The third kappa shape index (κ3) is 6.75. The summed E-state index contributed by atoms with van der Waals surface area (Å²) in [5.74, 6) is 0.117. The highest BCUT2D eigenvalue weighted by molar-refractivity contribution is 5.94. The predicted molar refractivity (Wildman–Crippen MR) is 152 cm³/mol. The lowest BCUT2D eigenvalue weighted by molar-refractivity contribution is -0.142. The van der Waals surface area contributed by atoms with Gasteiger partial charge in [0, 0.05) is 5.56 Å². The Labute approximate surface area is 234 Å². The van der Waals surface area contributed by atoms with E-state index in [1.807, 2.05) is 60.7 Å². The van der Waals surface area contributed by atoms with E-state index in [1.54, 1.807) is 36.4 Å². The van der Waals surface area contributed by atoms with Gasteiger partial charge in [-0.2, -0.15) is 0 Å². The predicted octanol–water partition coefficient (Wildman–Crippen LogP) is 7.73. The summed E-state index contributed by atoms with van der Waals surface area (Å²) in [6.07, 6.45) is 4.28. The highest BCUT2D eigenvalue weighted by Crippen LogP contribution is 2.41. The van der Waals surface area contributed by atoms with E-state index in [9.17, 15) is 9.18 Å². The number of esters is 1. The monoisotopic (exact) mass is 537 g/mol. The van der Waals surface area contributed by atoms with Gasteiger partial charge in [-0.15, -0.1) is 0 Å². The molecule has 1 aliphatic rings. The molecule has 0 unspecified atom stereocenters. The second kappa shape index (κ2) is 13.1. The summed E-state index contributed by atoms with van der Waals surface area (Å²) >= 11 is 0. The van der Waals surface area contributed by atoms with Crippen LogP contribution in [0, 0.1) is 5.82 Å². The van der Waals surface area contributed by atoms with Crippen LogP contribution in [0.5, 0.6) is 5.75 Å². The van der Waals surface area contributed by atoms with Gasteiger partial charge in [0.25, 0.3) is 5.90 Å². The molecule has 5 nitrogen and oxygen atoms in total. The maximum atomic E-state index is 13.6. The molecule has 4 aromatic rings. The van der Waals surface area contributed by atoms with Crippen molar-refractivity contribution in [2.45, 2.75) is 50.7 Å². The minimum Gasteiger partial charge on any atom is -0.470 e. The van der Waals surface area contributed by atoms with Crippen molar-refractivity contribution in [3.8, 4) is 5.75 Å². The Hall–Kier alpha value is -4.45. The molecule has 0 spiro atoms. The molecule has 0 atom stereocenters. The van der Waals surface area contributed by atoms with Gasteiger partial charge in [0.1, 0.15) is 24.8 Å². The lowest BCUT2D eigenvalue weighted by atomic mass is 9.69. The molecule has 0 heterocycles. The number of nitrogens with zero attached hydrogens (tertiary/aromatic N) is 1. The summed E-state index contributed by atoms with van der Waals surface area (Å²) in [5.41, 5.74) is 2.71. The minimum atomic E-state index is -0.776. The molecule has 204 valence electrons. The molecular formula is C34H32FNO4. The molecule has 4 aromatic carbocycles. The molecule has 0 aromatic heterocycles. The fraction of sp³-hybridized carbons (Fsp3) is 0.235. The molecule has 0 bridgehead atoms. The molecule has 1 saturated carbocycles. The van der Waals surface area contributed by atoms with Crippen LogP contribution in [0.4, 0.5) is 4.39 Å². The lowest BCUT2D eigenvalue weighted by Crippen LogP contribution is -2.41. The zero-order valence-electron chi connectivity index (χ0n) is 22.3. The third-order valence-electron chi connectivity index (χ3n) is 7.25. The van der Waals surface area contributed by atoms with E-state index in [0.29, 0.717) is 43.3 Å². The molecule has 0 saturated heterocycles. The smallest absolute Gasteiger partial charge is 0.321 e. The summed E-state index contributed by atoms with van der Waals surface area (Å²) in [7, 11) is 0. The number of oxime groups is 1. The van der Waals surface area contributed by atoms with Crippen LogP contribution in [0.1, 0.15) is 54.4 Å². The van der Waals surface area contributed by atoms with Crippen molar-refractivity contribution in [1.29, 1.82) is 0 Å². The van der Waals surface area contributed by atoms with Gasteiger partial charge in [-0.1, -0.05) is 92.1 Å². The van der Waals surface area contributed by atoms with Crippen molar-refractivity contribution in [2.75, 3.05) is 0 Å². The second-order valence-corrected chi connectivity index (χ2v) is 9.99. The number of benzene rings is 4. The normalized spacial score (nSPS) is 14.8. The van der Waals surface area contributed by atoms with Crippen molar-refractivity contribution >= 4 is 11.9 Å². The van der Waals surface area contributed by atoms with Gasteiger partial charge in [0.05, 0.1) is 5.41 Å². The Bertz CT molecular complexity index is 1400. The average Bonchev–Trinajstić information content (AvgIpc) is 3.01. The van der Waals surface area contributed by atoms with E-state index in [4.69, 9.17) is 14.3 Å². The standard InChI is InChI=1S/C34H32FNO4/c35-30-18-16-29(17-19-30)34(22-8-3-9-23-34)33(37)40-31-20-14-28(15-21-31)32(38-24-26-10-4-1-5-11-26)36-39-25-27-12-6-2-7-13-27/h1-2,4-7,10-21H,3,8-9,22-25H2/b36-32+. The maximum Gasteiger partial charge on any atom is 0.321 e. The van der Waals surface area contributed by atoms with Gasteiger partial charge in [-0.25, -0.2) is 4.39 Å². The van der Waals surface area contributed by atoms with Crippen LogP contribution in [0.25, 0.3) is 0 Å². The Morgan fingerprint density at radius 1 is 0.725 bits per heavy atom. The number of hydrogen-bond acceptors (Lipinski definition) is 5. The topological polar surface area (TPSA) is 57.1 Å². The molecule has 0 aliphatic heterocycles. The second-order valence-electron chi connectivity index (χ2n) is 9.99. The minimum absolute atomic E-state index is 0.306. The van der Waals surface area contributed by atoms with Crippen molar-refractivity contribution in [1.82, 2.24) is 0 Å². The molecule has 0 amide bonds. The van der Waals surface area contributed by atoms with E-state index >= 15 is 0 Å². The van der Waals surface area contributed by atoms with Crippen LogP contribution in [0.15, 0.2) is 114 Å². The van der Waals surface area contributed by atoms with Crippen molar-refractivity contribution < 1.29 is 23.5 Å². The number of rotatable bonds is 9. The van der Waals surface area contributed by atoms with E-state index < -0.39 is 5.41 Å². The summed E-state index contributed by atoms with van der Waals surface area (Å²) < 4.78 is 25.5. The fourth-order valence-electron chi connectivity index (χ4n) is 5.03. The van der Waals surface area contributed by atoms with E-state index in [2.05, 4.69) is 5.16 Å². The zero-order valence-corrected chi connectivity index (χ0v) is 22.3. The number of carbonyl (C=O) groups excluding carboxylic acids is 1. The summed E-state index contributed by atoms with van der Waals surface area (Å²) in [4.78, 5) is 19.2.